The van der Waals surface area contributed by atoms with Gasteiger partial charge in [0.25, 0.3) is 0 Å². The molecular formula is C11H16ClNOS. The van der Waals surface area contributed by atoms with Gasteiger partial charge in [-0.2, -0.15) is 0 Å². The molecule has 4 heteroatoms. The summed E-state index contributed by atoms with van der Waals surface area (Å²) in [6.07, 6.45) is 2.01. The third-order valence-electron chi connectivity index (χ3n) is 2.38. The summed E-state index contributed by atoms with van der Waals surface area (Å²) in [5.74, 6) is 1.07. The van der Waals surface area contributed by atoms with E-state index in [2.05, 4.69) is 13.0 Å². The van der Waals surface area contributed by atoms with Crippen molar-refractivity contribution >= 4 is 23.4 Å². The Balaban J connectivity index is 3.19. The van der Waals surface area contributed by atoms with Crippen LogP contribution in [0.5, 0.6) is 5.75 Å². The van der Waals surface area contributed by atoms with Gasteiger partial charge in [0.2, 0.25) is 0 Å². The molecule has 15 heavy (non-hydrogen) atoms. The Kier molecular flexibility index (Phi) is 4.77. The number of nitrogens with two attached hydrogens (primary N) is 1. The molecule has 2 N–H and O–H groups in total. The van der Waals surface area contributed by atoms with Crippen LogP contribution in [0.3, 0.4) is 0 Å². The molecule has 0 radical (unpaired) electrons. The molecule has 0 bridgehead atoms. The van der Waals surface area contributed by atoms with Gasteiger partial charge in [-0.3, -0.25) is 0 Å². The first-order valence-electron chi connectivity index (χ1n) is 4.75. The maximum Gasteiger partial charge on any atom is 0.150 e. The van der Waals surface area contributed by atoms with Crippen molar-refractivity contribution in [3.63, 3.8) is 0 Å². The molecule has 0 amide bonds. The Hall–Kier alpha value is -0.380. The smallest absolute Gasteiger partial charge is 0.150 e. The Morgan fingerprint density at radius 3 is 2.67 bits per heavy atom. The molecule has 1 rings (SSSR count). The summed E-state index contributed by atoms with van der Waals surface area (Å²) in [6, 6.07) is 4.02. The van der Waals surface area contributed by atoms with Crippen molar-refractivity contribution in [1.82, 2.24) is 0 Å². The number of methoxy groups -OCH3 is 1. The van der Waals surface area contributed by atoms with Crippen molar-refractivity contribution in [2.45, 2.75) is 17.7 Å². The van der Waals surface area contributed by atoms with Crippen LogP contribution >= 0.6 is 23.4 Å². The first-order valence-corrected chi connectivity index (χ1v) is 6.35. The summed E-state index contributed by atoms with van der Waals surface area (Å²) in [6.45, 7) is 2.71. The zero-order valence-corrected chi connectivity index (χ0v) is 10.8. The van der Waals surface area contributed by atoms with E-state index in [1.54, 1.807) is 18.9 Å². The highest BCUT2D eigenvalue weighted by molar-refractivity contribution is 7.98. The second kappa shape index (κ2) is 5.64. The molecule has 0 aliphatic carbocycles. The monoisotopic (exact) mass is 245 g/mol. The third kappa shape index (κ3) is 2.80. The van der Waals surface area contributed by atoms with Gasteiger partial charge in [-0.1, -0.05) is 18.5 Å². The van der Waals surface area contributed by atoms with Crippen LogP contribution in [-0.2, 0) is 0 Å². The van der Waals surface area contributed by atoms with Gasteiger partial charge in [-0.25, -0.2) is 0 Å². The van der Waals surface area contributed by atoms with Crippen LogP contribution in [0.2, 0.25) is 5.02 Å². The number of benzene rings is 1. The highest BCUT2D eigenvalue weighted by Gasteiger charge is 2.12. The van der Waals surface area contributed by atoms with E-state index >= 15 is 0 Å². The minimum absolute atomic E-state index is 0.319. The summed E-state index contributed by atoms with van der Waals surface area (Å²) >= 11 is 7.76. The number of thioether (sulfide) groups is 1. The van der Waals surface area contributed by atoms with Crippen LogP contribution in [0.25, 0.3) is 0 Å². The van der Waals surface area contributed by atoms with Gasteiger partial charge in [0.05, 0.1) is 17.0 Å². The molecule has 0 saturated carbocycles. The van der Waals surface area contributed by atoms with Crippen molar-refractivity contribution in [2.75, 3.05) is 19.9 Å². The molecule has 0 saturated heterocycles. The average Bonchev–Trinajstić information content (AvgIpc) is 2.26. The normalized spacial score (nSPS) is 12.6. The molecule has 0 aliphatic heterocycles. The summed E-state index contributed by atoms with van der Waals surface area (Å²) < 4.78 is 5.25. The minimum Gasteiger partial charge on any atom is -0.494 e. The maximum absolute atomic E-state index is 6.14. The largest absolute Gasteiger partial charge is 0.494 e. The van der Waals surface area contributed by atoms with Crippen molar-refractivity contribution in [3.8, 4) is 5.75 Å². The van der Waals surface area contributed by atoms with Crippen molar-refractivity contribution in [2.24, 2.45) is 5.73 Å². The van der Waals surface area contributed by atoms with E-state index in [1.165, 1.54) is 0 Å². The predicted octanol–water partition coefficient (Wildman–Crippen LogP) is 3.13. The molecule has 0 spiro atoms. The third-order valence-corrected chi connectivity index (χ3v) is 3.40. The lowest BCUT2D eigenvalue weighted by atomic mass is 10.0. The summed E-state index contributed by atoms with van der Waals surface area (Å²) in [5, 5.41) is 0.652. The topological polar surface area (TPSA) is 35.2 Å². The lowest BCUT2D eigenvalue weighted by molar-refractivity contribution is 0.404. The van der Waals surface area contributed by atoms with Gasteiger partial charge in [0.15, 0.2) is 5.75 Å². The van der Waals surface area contributed by atoms with Crippen LogP contribution in [0.1, 0.15) is 18.4 Å². The molecule has 84 valence electrons. The SMILES string of the molecule is COc1c(Cl)cc(C(C)CN)cc1SC. The summed E-state index contributed by atoms with van der Waals surface area (Å²) in [5.41, 5.74) is 6.79. The highest BCUT2D eigenvalue weighted by Crippen LogP contribution is 2.37. The second-order valence-corrected chi connectivity index (χ2v) is 4.63. The summed E-state index contributed by atoms with van der Waals surface area (Å²) in [4.78, 5) is 1.06. The zero-order chi connectivity index (χ0) is 11.4. The molecule has 1 aromatic rings. The molecular weight excluding hydrogens is 230 g/mol. The summed E-state index contributed by atoms with van der Waals surface area (Å²) in [7, 11) is 1.63. The highest BCUT2D eigenvalue weighted by atomic mass is 35.5. The van der Waals surface area contributed by atoms with Crippen LogP contribution in [-0.4, -0.2) is 19.9 Å². The lowest BCUT2D eigenvalue weighted by Gasteiger charge is -2.14. The quantitative estimate of drug-likeness (QED) is 0.828. The first-order chi connectivity index (χ1) is 7.13. The zero-order valence-electron chi connectivity index (χ0n) is 9.21. The van der Waals surface area contributed by atoms with Crippen molar-refractivity contribution < 1.29 is 4.74 Å². The fourth-order valence-electron chi connectivity index (χ4n) is 1.36. The van der Waals surface area contributed by atoms with Crippen LogP contribution in [0.4, 0.5) is 0 Å². The fourth-order valence-corrected chi connectivity index (χ4v) is 2.35. The molecule has 0 fully saturated rings. The van der Waals surface area contributed by atoms with E-state index in [0.29, 0.717) is 17.5 Å². The van der Waals surface area contributed by atoms with Crippen LogP contribution < -0.4 is 10.5 Å². The van der Waals surface area contributed by atoms with Gasteiger partial charge in [0, 0.05) is 0 Å². The van der Waals surface area contributed by atoms with E-state index in [4.69, 9.17) is 22.1 Å². The van der Waals surface area contributed by atoms with E-state index in [1.807, 2.05) is 12.3 Å². The predicted molar refractivity (Wildman–Crippen MR) is 67.3 cm³/mol. The Bertz CT molecular complexity index is 344. The van der Waals surface area contributed by atoms with Gasteiger partial charge in [-0.05, 0) is 36.4 Å². The lowest BCUT2D eigenvalue weighted by Crippen LogP contribution is -2.09. The maximum atomic E-state index is 6.14. The molecule has 0 heterocycles. The average molecular weight is 246 g/mol. The van der Waals surface area contributed by atoms with Crippen LogP contribution in [0, 0.1) is 0 Å². The van der Waals surface area contributed by atoms with E-state index < -0.39 is 0 Å². The number of rotatable bonds is 4. The number of hydrogen-bond acceptors (Lipinski definition) is 3. The van der Waals surface area contributed by atoms with Crippen molar-refractivity contribution in [1.29, 1.82) is 0 Å². The first kappa shape index (κ1) is 12.7. The Labute approximate surface area is 100 Å². The molecule has 2 nitrogen and oxygen atoms in total. The van der Waals surface area contributed by atoms with E-state index in [0.717, 1.165) is 16.2 Å². The molecule has 1 unspecified atom stereocenters. The number of halogens is 1. The van der Waals surface area contributed by atoms with Crippen molar-refractivity contribution in [3.05, 3.63) is 22.7 Å². The fraction of sp³-hybridized carbons (Fsp3) is 0.455. The minimum atomic E-state index is 0.319. The van der Waals surface area contributed by atoms with E-state index in [9.17, 15) is 0 Å². The number of ether oxygens (including phenoxy) is 1. The molecule has 0 aliphatic rings. The van der Waals surface area contributed by atoms with Crippen LogP contribution in [0.15, 0.2) is 17.0 Å². The Morgan fingerprint density at radius 2 is 2.20 bits per heavy atom. The van der Waals surface area contributed by atoms with Gasteiger partial charge in [0.1, 0.15) is 0 Å². The standard InChI is InChI=1S/C11H16ClNOS/c1-7(6-13)8-4-9(12)11(14-2)10(5-8)15-3/h4-5,7H,6,13H2,1-3H3. The van der Waals surface area contributed by atoms with E-state index in [-0.39, 0.29) is 0 Å². The molecule has 1 aromatic carbocycles. The Morgan fingerprint density at radius 1 is 1.53 bits per heavy atom. The number of hydrogen-bond donors (Lipinski definition) is 1. The molecule has 1 atom stereocenters. The van der Waals surface area contributed by atoms with Gasteiger partial charge in [-0.15, -0.1) is 11.8 Å². The second-order valence-electron chi connectivity index (χ2n) is 3.37. The molecule has 0 aromatic heterocycles. The van der Waals surface area contributed by atoms with Gasteiger partial charge < -0.3 is 10.5 Å². The van der Waals surface area contributed by atoms with Gasteiger partial charge >= 0.3 is 0 Å².